The number of pyridine rings is 1. The lowest BCUT2D eigenvalue weighted by Gasteiger charge is -2.11. The molecule has 1 unspecified atom stereocenters. The van der Waals surface area contributed by atoms with Gasteiger partial charge in [0.25, 0.3) is 0 Å². The van der Waals surface area contributed by atoms with Crippen LogP contribution in [0, 0.1) is 0 Å². The summed E-state index contributed by atoms with van der Waals surface area (Å²) in [5.41, 5.74) is 1.15. The molecule has 1 heterocycles. The number of rotatable bonds is 7. The monoisotopic (exact) mass is 253 g/mol. The quantitative estimate of drug-likeness (QED) is 0.762. The number of nitrogens with one attached hydrogen (secondary N) is 2. The van der Waals surface area contributed by atoms with Crippen LogP contribution in [0.15, 0.2) is 24.5 Å². The Morgan fingerprint density at radius 1 is 1.59 bits per heavy atom. The summed E-state index contributed by atoms with van der Waals surface area (Å²) < 4.78 is 0. The Balaban J connectivity index is 2.12. The summed E-state index contributed by atoms with van der Waals surface area (Å²) in [6, 6.07) is 4.23. The number of hydrogen-bond acceptors (Lipinski definition) is 4. The van der Waals surface area contributed by atoms with E-state index in [4.69, 9.17) is 0 Å². The van der Waals surface area contributed by atoms with Crippen LogP contribution in [0.25, 0.3) is 0 Å². The number of aromatic nitrogens is 1. The Bertz CT molecular complexity index is 332. The molecule has 17 heavy (non-hydrogen) atoms. The highest BCUT2D eigenvalue weighted by molar-refractivity contribution is 7.99. The van der Waals surface area contributed by atoms with E-state index in [9.17, 15) is 4.79 Å². The van der Waals surface area contributed by atoms with Crippen molar-refractivity contribution in [3.8, 4) is 0 Å². The predicted octanol–water partition coefficient (Wildman–Crippen LogP) is 1.04. The molecule has 0 radical (unpaired) electrons. The summed E-state index contributed by atoms with van der Waals surface area (Å²) in [7, 11) is 1.88. The number of carbonyl (C=O) groups is 1. The molecule has 4 nitrogen and oxygen atoms in total. The highest BCUT2D eigenvalue weighted by atomic mass is 32.2. The lowest BCUT2D eigenvalue weighted by molar-refractivity contribution is -0.118. The van der Waals surface area contributed by atoms with Crippen LogP contribution in [0.1, 0.15) is 12.5 Å². The first-order valence-electron chi connectivity index (χ1n) is 5.63. The molecule has 2 N–H and O–H groups in total. The van der Waals surface area contributed by atoms with Crippen molar-refractivity contribution >= 4 is 17.7 Å². The molecular weight excluding hydrogens is 234 g/mol. The van der Waals surface area contributed by atoms with Gasteiger partial charge in [0.1, 0.15) is 0 Å². The van der Waals surface area contributed by atoms with E-state index in [1.54, 1.807) is 18.0 Å². The zero-order chi connectivity index (χ0) is 12.5. The Morgan fingerprint density at radius 3 is 3.06 bits per heavy atom. The van der Waals surface area contributed by atoms with Gasteiger partial charge in [-0.2, -0.15) is 0 Å². The molecule has 0 fully saturated rings. The van der Waals surface area contributed by atoms with Gasteiger partial charge < -0.3 is 10.6 Å². The second-order valence-electron chi connectivity index (χ2n) is 3.85. The Labute approximate surface area is 107 Å². The normalized spacial score (nSPS) is 12.1. The molecule has 0 saturated heterocycles. The van der Waals surface area contributed by atoms with E-state index in [0.717, 1.165) is 11.3 Å². The van der Waals surface area contributed by atoms with E-state index in [-0.39, 0.29) is 5.91 Å². The van der Waals surface area contributed by atoms with Crippen molar-refractivity contribution < 1.29 is 4.79 Å². The highest BCUT2D eigenvalue weighted by Gasteiger charge is 2.03. The third-order valence-corrected chi connectivity index (χ3v) is 3.33. The van der Waals surface area contributed by atoms with Gasteiger partial charge in [0.05, 0.1) is 5.75 Å². The molecule has 94 valence electrons. The van der Waals surface area contributed by atoms with E-state index < -0.39 is 0 Å². The van der Waals surface area contributed by atoms with Gasteiger partial charge in [-0.3, -0.25) is 9.78 Å². The molecule has 1 aromatic heterocycles. The van der Waals surface area contributed by atoms with Crippen LogP contribution in [0.5, 0.6) is 0 Å². The van der Waals surface area contributed by atoms with Crippen molar-refractivity contribution in [3.63, 3.8) is 0 Å². The molecule has 0 saturated carbocycles. The average Bonchev–Trinajstić information content (AvgIpc) is 2.37. The van der Waals surface area contributed by atoms with Gasteiger partial charge in [-0.15, -0.1) is 11.8 Å². The van der Waals surface area contributed by atoms with E-state index in [1.165, 1.54) is 0 Å². The topological polar surface area (TPSA) is 54.0 Å². The molecule has 0 aliphatic carbocycles. The molecule has 1 aromatic rings. The smallest absolute Gasteiger partial charge is 0.230 e. The van der Waals surface area contributed by atoms with Gasteiger partial charge >= 0.3 is 0 Å². The summed E-state index contributed by atoms with van der Waals surface area (Å²) in [6.07, 6.45) is 3.58. The standard InChI is InChI=1S/C12H19N3OS/c1-10(13-2)6-15-12(16)9-17-8-11-4-3-5-14-7-11/h3-5,7,10,13H,6,8-9H2,1-2H3,(H,15,16). The first-order valence-corrected chi connectivity index (χ1v) is 6.78. The Kier molecular flexibility index (Phi) is 6.65. The predicted molar refractivity (Wildman–Crippen MR) is 71.9 cm³/mol. The summed E-state index contributed by atoms with van der Waals surface area (Å²) in [4.78, 5) is 15.5. The van der Waals surface area contributed by atoms with Crippen molar-refractivity contribution in [2.45, 2.75) is 18.7 Å². The van der Waals surface area contributed by atoms with Crippen LogP contribution >= 0.6 is 11.8 Å². The maximum absolute atomic E-state index is 11.5. The molecule has 5 heteroatoms. The van der Waals surface area contributed by atoms with Gasteiger partial charge in [0, 0.05) is 30.7 Å². The van der Waals surface area contributed by atoms with Crippen LogP contribution < -0.4 is 10.6 Å². The first-order chi connectivity index (χ1) is 8.22. The zero-order valence-electron chi connectivity index (χ0n) is 10.3. The minimum atomic E-state index is 0.0843. The minimum absolute atomic E-state index is 0.0843. The van der Waals surface area contributed by atoms with Gasteiger partial charge in [-0.25, -0.2) is 0 Å². The van der Waals surface area contributed by atoms with E-state index in [1.807, 2.05) is 32.3 Å². The zero-order valence-corrected chi connectivity index (χ0v) is 11.1. The van der Waals surface area contributed by atoms with Crippen molar-refractivity contribution in [2.24, 2.45) is 0 Å². The number of thioether (sulfide) groups is 1. The Morgan fingerprint density at radius 2 is 2.41 bits per heavy atom. The van der Waals surface area contributed by atoms with Crippen LogP contribution in [-0.4, -0.2) is 36.3 Å². The summed E-state index contributed by atoms with van der Waals surface area (Å²) in [5, 5.41) is 5.95. The molecule has 0 aliphatic rings. The van der Waals surface area contributed by atoms with Crippen LogP contribution in [0.3, 0.4) is 0 Å². The maximum atomic E-state index is 11.5. The second-order valence-corrected chi connectivity index (χ2v) is 4.83. The molecule has 0 spiro atoms. The summed E-state index contributed by atoms with van der Waals surface area (Å²) in [5.74, 6) is 1.40. The average molecular weight is 253 g/mol. The van der Waals surface area contributed by atoms with Crippen molar-refractivity contribution in [3.05, 3.63) is 30.1 Å². The van der Waals surface area contributed by atoms with Crippen molar-refractivity contribution in [2.75, 3.05) is 19.3 Å². The van der Waals surface area contributed by atoms with Gasteiger partial charge in [0.15, 0.2) is 0 Å². The highest BCUT2D eigenvalue weighted by Crippen LogP contribution is 2.09. The third kappa shape index (κ3) is 6.28. The molecular formula is C12H19N3OS. The number of amides is 1. The lowest BCUT2D eigenvalue weighted by atomic mass is 10.3. The van der Waals surface area contributed by atoms with Crippen LogP contribution in [-0.2, 0) is 10.5 Å². The molecule has 0 aliphatic heterocycles. The molecule has 1 rings (SSSR count). The van der Waals surface area contributed by atoms with Gasteiger partial charge in [0.2, 0.25) is 5.91 Å². The van der Waals surface area contributed by atoms with Gasteiger partial charge in [-0.1, -0.05) is 6.07 Å². The lowest BCUT2D eigenvalue weighted by Crippen LogP contribution is -2.37. The number of carbonyl (C=O) groups excluding carboxylic acids is 1. The molecule has 0 bridgehead atoms. The molecule has 0 aromatic carbocycles. The van der Waals surface area contributed by atoms with E-state index in [0.29, 0.717) is 18.3 Å². The molecule has 1 atom stereocenters. The fourth-order valence-electron chi connectivity index (χ4n) is 1.17. The largest absolute Gasteiger partial charge is 0.354 e. The number of likely N-dealkylation sites (N-methyl/N-ethyl adjacent to an activating group) is 1. The fraction of sp³-hybridized carbons (Fsp3) is 0.500. The fourth-order valence-corrected chi connectivity index (χ4v) is 1.96. The maximum Gasteiger partial charge on any atom is 0.230 e. The number of nitrogens with zero attached hydrogens (tertiary/aromatic N) is 1. The second kappa shape index (κ2) is 8.08. The number of hydrogen-bond donors (Lipinski definition) is 2. The van der Waals surface area contributed by atoms with Crippen molar-refractivity contribution in [1.29, 1.82) is 0 Å². The van der Waals surface area contributed by atoms with E-state index in [2.05, 4.69) is 15.6 Å². The van der Waals surface area contributed by atoms with Crippen LogP contribution in [0.2, 0.25) is 0 Å². The Hall–Kier alpha value is -1.07. The van der Waals surface area contributed by atoms with Crippen LogP contribution in [0.4, 0.5) is 0 Å². The molecule has 1 amide bonds. The minimum Gasteiger partial charge on any atom is -0.354 e. The van der Waals surface area contributed by atoms with Crippen molar-refractivity contribution in [1.82, 2.24) is 15.6 Å². The van der Waals surface area contributed by atoms with Gasteiger partial charge in [-0.05, 0) is 25.6 Å². The SMILES string of the molecule is CNC(C)CNC(=O)CSCc1cccnc1. The summed E-state index contributed by atoms with van der Waals surface area (Å²) in [6.45, 7) is 2.70. The third-order valence-electron chi connectivity index (χ3n) is 2.32. The first kappa shape index (κ1) is 14.0. The summed E-state index contributed by atoms with van der Waals surface area (Å²) >= 11 is 1.60. The van der Waals surface area contributed by atoms with E-state index >= 15 is 0 Å².